The van der Waals surface area contributed by atoms with Crippen LogP contribution >= 0.6 is 0 Å². The number of hydrogen-bond acceptors (Lipinski definition) is 3. The first-order valence-electron chi connectivity index (χ1n) is 6.10. The molecule has 100 valence electrons. The minimum absolute atomic E-state index is 0.216. The standard InChI is InChI=1S/C16H14N2O2/c1-3-14-9-15(10-17-12(14)2)18-16(19)20-11-13-7-5-4-6-8-13/h1,4-10H,11H2,2H3,(H,18,19). The summed E-state index contributed by atoms with van der Waals surface area (Å²) in [5, 5.41) is 2.59. The van der Waals surface area contributed by atoms with Crippen molar-refractivity contribution in [3.63, 3.8) is 0 Å². The molecule has 20 heavy (non-hydrogen) atoms. The summed E-state index contributed by atoms with van der Waals surface area (Å²) in [6.45, 7) is 2.03. The van der Waals surface area contributed by atoms with Crippen LogP contribution in [0.1, 0.15) is 16.8 Å². The number of nitrogens with zero attached hydrogens (tertiary/aromatic N) is 1. The van der Waals surface area contributed by atoms with E-state index in [1.807, 2.05) is 37.3 Å². The second-order valence-corrected chi connectivity index (χ2v) is 4.19. The number of rotatable bonds is 3. The summed E-state index contributed by atoms with van der Waals surface area (Å²) in [6, 6.07) is 11.1. The lowest BCUT2D eigenvalue weighted by molar-refractivity contribution is 0.155. The van der Waals surface area contributed by atoms with E-state index in [4.69, 9.17) is 11.2 Å². The van der Waals surface area contributed by atoms with E-state index in [-0.39, 0.29) is 6.61 Å². The van der Waals surface area contributed by atoms with E-state index in [1.54, 1.807) is 12.3 Å². The van der Waals surface area contributed by atoms with Gasteiger partial charge in [-0.05, 0) is 18.6 Å². The molecule has 0 aliphatic rings. The number of terminal acetylenes is 1. The van der Waals surface area contributed by atoms with Crippen LogP contribution in [0.15, 0.2) is 42.6 Å². The lowest BCUT2D eigenvalue weighted by atomic mass is 10.2. The van der Waals surface area contributed by atoms with Gasteiger partial charge in [-0.25, -0.2) is 4.79 Å². The van der Waals surface area contributed by atoms with Crippen LogP contribution in [-0.4, -0.2) is 11.1 Å². The van der Waals surface area contributed by atoms with Gasteiger partial charge in [-0.2, -0.15) is 0 Å². The highest BCUT2D eigenvalue weighted by molar-refractivity contribution is 5.84. The van der Waals surface area contributed by atoms with Crippen LogP contribution < -0.4 is 5.32 Å². The lowest BCUT2D eigenvalue weighted by Gasteiger charge is -2.08. The third-order valence-corrected chi connectivity index (χ3v) is 2.70. The molecule has 1 aromatic heterocycles. The van der Waals surface area contributed by atoms with Gasteiger partial charge < -0.3 is 4.74 Å². The first kappa shape index (κ1) is 13.6. The number of benzene rings is 1. The zero-order valence-corrected chi connectivity index (χ0v) is 11.1. The van der Waals surface area contributed by atoms with Crippen molar-refractivity contribution in [3.05, 3.63) is 59.4 Å². The minimum Gasteiger partial charge on any atom is -0.444 e. The number of anilines is 1. The van der Waals surface area contributed by atoms with Gasteiger partial charge in [0.2, 0.25) is 0 Å². The normalized spacial score (nSPS) is 9.60. The molecule has 0 aliphatic carbocycles. The second kappa shape index (κ2) is 6.39. The quantitative estimate of drug-likeness (QED) is 0.868. The van der Waals surface area contributed by atoms with E-state index in [0.29, 0.717) is 11.3 Å². The van der Waals surface area contributed by atoms with Gasteiger partial charge >= 0.3 is 6.09 Å². The van der Waals surface area contributed by atoms with Gasteiger partial charge in [-0.15, -0.1) is 6.42 Å². The maximum atomic E-state index is 11.7. The van der Waals surface area contributed by atoms with E-state index in [1.165, 1.54) is 0 Å². The SMILES string of the molecule is C#Cc1cc(NC(=O)OCc2ccccc2)cnc1C. The molecule has 0 bridgehead atoms. The van der Waals surface area contributed by atoms with Crippen molar-refractivity contribution < 1.29 is 9.53 Å². The van der Waals surface area contributed by atoms with E-state index < -0.39 is 6.09 Å². The minimum atomic E-state index is -0.539. The lowest BCUT2D eigenvalue weighted by Crippen LogP contribution is -2.14. The van der Waals surface area contributed by atoms with Crippen molar-refractivity contribution >= 4 is 11.8 Å². The topological polar surface area (TPSA) is 51.2 Å². The van der Waals surface area contributed by atoms with Crippen LogP contribution in [0.25, 0.3) is 0 Å². The number of amides is 1. The highest BCUT2D eigenvalue weighted by Gasteiger charge is 2.05. The van der Waals surface area contributed by atoms with Crippen molar-refractivity contribution in [1.29, 1.82) is 0 Å². The van der Waals surface area contributed by atoms with E-state index in [0.717, 1.165) is 11.3 Å². The van der Waals surface area contributed by atoms with E-state index in [9.17, 15) is 4.79 Å². The summed E-state index contributed by atoms with van der Waals surface area (Å²) in [5.74, 6) is 2.51. The Bertz CT molecular complexity index is 645. The molecule has 0 unspecified atom stereocenters. The first-order valence-corrected chi connectivity index (χ1v) is 6.10. The van der Waals surface area contributed by atoms with Gasteiger partial charge in [0.05, 0.1) is 17.6 Å². The monoisotopic (exact) mass is 266 g/mol. The van der Waals surface area contributed by atoms with Gasteiger partial charge in [0.15, 0.2) is 0 Å². The molecule has 0 fully saturated rings. The summed E-state index contributed by atoms with van der Waals surface area (Å²) < 4.78 is 5.11. The second-order valence-electron chi connectivity index (χ2n) is 4.19. The van der Waals surface area contributed by atoms with Crippen molar-refractivity contribution in [1.82, 2.24) is 4.98 Å². The number of hydrogen-bond donors (Lipinski definition) is 1. The molecule has 0 radical (unpaired) electrons. The van der Waals surface area contributed by atoms with Crippen LogP contribution in [0.5, 0.6) is 0 Å². The Balaban J connectivity index is 1.93. The molecule has 4 heteroatoms. The number of nitrogens with one attached hydrogen (secondary N) is 1. The number of ether oxygens (including phenoxy) is 1. The number of carbonyl (C=O) groups is 1. The van der Waals surface area contributed by atoms with Crippen LogP contribution in [0.3, 0.4) is 0 Å². The summed E-state index contributed by atoms with van der Waals surface area (Å²) in [4.78, 5) is 15.8. The smallest absolute Gasteiger partial charge is 0.412 e. The maximum absolute atomic E-state index is 11.7. The molecule has 1 N–H and O–H groups in total. The zero-order valence-electron chi connectivity index (χ0n) is 11.1. The van der Waals surface area contributed by atoms with Gasteiger partial charge in [0.1, 0.15) is 6.61 Å². The number of pyridine rings is 1. The molecule has 0 atom stereocenters. The summed E-state index contributed by atoms with van der Waals surface area (Å²) >= 11 is 0. The number of aryl methyl sites for hydroxylation is 1. The van der Waals surface area contributed by atoms with Crippen LogP contribution in [0.4, 0.5) is 10.5 Å². The van der Waals surface area contributed by atoms with Crippen LogP contribution in [0, 0.1) is 19.3 Å². The molecule has 0 saturated carbocycles. The Hall–Kier alpha value is -2.80. The van der Waals surface area contributed by atoms with Crippen LogP contribution in [0.2, 0.25) is 0 Å². The number of aromatic nitrogens is 1. The highest BCUT2D eigenvalue weighted by atomic mass is 16.5. The highest BCUT2D eigenvalue weighted by Crippen LogP contribution is 2.12. The van der Waals surface area contributed by atoms with Crippen molar-refractivity contribution in [2.45, 2.75) is 13.5 Å². The Morgan fingerprint density at radius 2 is 2.15 bits per heavy atom. The van der Waals surface area contributed by atoms with E-state index in [2.05, 4.69) is 16.2 Å². The predicted octanol–water partition coefficient (Wildman–Crippen LogP) is 3.12. The molecule has 1 aromatic carbocycles. The van der Waals surface area contributed by atoms with Gasteiger partial charge in [-0.1, -0.05) is 36.3 Å². The molecule has 2 rings (SSSR count). The molecule has 1 amide bonds. The van der Waals surface area contributed by atoms with E-state index >= 15 is 0 Å². The Labute approximate surface area is 117 Å². The predicted molar refractivity (Wildman–Crippen MR) is 77.2 cm³/mol. The average Bonchev–Trinajstić information content (AvgIpc) is 2.48. The van der Waals surface area contributed by atoms with Crippen molar-refractivity contribution in [2.75, 3.05) is 5.32 Å². The average molecular weight is 266 g/mol. The van der Waals surface area contributed by atoms with Gasteiger partial charge in [0.25, 0.3) is 0 Å². The first-order chi connectivity index (χ1) is 9.69. The number of carbonyl (C=O) groups excluding carboxylic acids is 1. The molecule has 0 spiro atoms. The molecule has 1 heterocycles. The van der Waals surface area contributed by atoms with Crippen molar-refractivity contribution in [3.8, 4) is 12.3 Å². The summed E-state index contributed by atoms with van der Waals surface area (Å²) in [5.41, 5.74) is 2.83. The Morgan fingerprint density at radius 3 is 2.85 bits per heavy atom. The van der Waals surface area contributed by atoms with Gasteiger partial charge in [0, 0.05) is 5.56 Å². The van der Waals surface area contributed by atoms with Crippen LogP contribution in [-0.2, 0) is 11.3 Å². The molecule has 2 aromatic rings. The molecule has 4 nitrogen and oxygen atoms in total. The molecular formula is C16H14N2O2. The molecule has 0 aliphatic heterocycles. The fourth-order valence-electron chi connectivity index (χ4n) is 1.62. The molecule has 0 saturated heterocycles. The Kier molecular flexibility index (Phi) is 4.35. The summed E-state index contributed by atoms with van der Waals surface area (Å²) in [6.07, 6.45) is 6.35. The maximum Gasteiger partial charge on any atom is 0.412 e. The molecular weight excluding hydrogens is 252 g/mol. The Morgan fingerprint density at radius 1 is 1.40 bits per heavy atom. The third kappa shape index (κ3) is 3.59. The fraction of sp³-hybridized carbons (Fsp3) is 0.125. The largest absolute Gasteiger partial charge is 0.444 e. The van der Waals surface area contributed by atoms with Crippen molar-refractivity contribution in [2.24, 2.45) is 0 Å². The zero-order chi connectivity index (χ0) is 14.4. The fourth-order valence-corrected chi connectivity index (χ4v) is 1.62. The third-order valence-electron chi connectivity index (χ3n) is 2.70. The summed E-state index contributed by atoms with van der Waals surface area (Å²) in [7, 11) is 0. The van der Waals surface area contributed by atoms with Gasteiger partial charge in [-0.3, -0.25) is 10.3 Å².